The second-order valence-electron chi connectivity index (χ2n) is 4.47. The first-order valence-corrected chi connectivity index (χ1v) is 6.37. The topological polar surface area (TPSA) is 171 Å². The van der Waals surface area contributed by atoms with E-state index in [1.165, 1.54) is 25.1 Å². The first-order chi connectivity index (χ1) is 11.4. The summed E-state index contributed by atoms with van der Waals surface area (Å²) in [6, 6.07) is 5.15. The van der Waals surface area contributed by atoms with Gasteiger partial charge in [0, 0.05) is 22.9 Å². The van der Waals surface area contributed by atoms with E-state index in [9.17, 15) is 25.0 Å². The lowest BCUT2D eigenvalue weighted by atomic mass is 10.2. The molecule has 0 fully saturated rings. The lowest BCUT2D eigenvalue weighted by molar-refractivity contribution is -0.394. The molecule has 13 heteroatoms. The second-order valence-corrected chi connectivity index (χ2v) is 4.47. The Balaban J connectivity index is 2.00. The Morgan fingerprint density at radius 3 is 2.71 bits per heavy atom. The minimum atomic E-state index is -0.792. The summed E-state index contributed by atoms with van der Waals surface area (Å²) in [7, 11) is 0. The fourth-order valence-electron chi connectivity index (χ4n) is 1.59. The molecule has 1 amide bonds. The van der Waals surface area contributed by atoms with Crippen LogP contribution in [0, 0.1) is 20.2 Å². The van der Waals surface area contributed by atoms with Gasteiger partial charge in [-0.3, -0.25) is 14.9 Å². The second kappa shape index (κ2) is 6.99. The zero-order chi connectivity index (χ0) is 17.7. The SMILES string of the molecule is C/C(Cn1nnc([N+](=O)[O-])n1)=N\NC(=O)c1cccc([N+](=O)[O-])c1. The smallest absolute Gasteiger partial charge is 0.390 e. The van der Waals surface area contributed by atoms with Crippen LogP contribution in [0.25, 0.3) is 0 Å². The number of carbonyl (C=O) groups excluding carboxylic acids is 1. The average Bonchev–Trinajstić information content (AvgIpc) is 3.01. The molecule has 0 aliphatic carbocycles. The first-order valence-electron chi connectivity index (χ1n) is 6.37. The van der Waals surface area contributed by atoms with E-state index in [1.807, 2.05) is 0 Å². The van der Waals surface area contributed by atoms with Crippen LogP contribution in [0.15, 0.2) is 29.4 Å². The molecular formula is C11H10N8O5. The van der Waals surface area contributed by atoms with Crippen molar-refractivity contribution >= 4 is 23.3 Å². The number of hydrazone groups is 1. The Morgan fingerprint density at radius 2 is 2.08 bits per heavy atom. The molecule has 124 valence electrons. The lowest BCUT2D eigenvalue weighted by Gasteiger charge is -2.01. The molecule has 2 rings (SSSR count). The molecule has 24 heavy (non-hydrogen) atoms. The minimum Gasteiger partial charge on any atom is -0.390 e. The highest BCUT2D eigenvalue weighted by molar-refractivity contribution is 5.95. The molecule has 0 saturated carbocycles. The summed E-state index contributed by atoms with van der Waals surface area (Å²) in [5.74, 6) is -1.29. The molecule has 2 aromatic rings. The van der Waals surface area contributed by atoms with Gasteiger partial charge in [-0.1, -0.05) is 10.9 Å². The summed E-state index contributed by atoms with van der Waals surface area (Å²) >= 11 is 0. The van der Waals surface area contributed by atoms with Crippen LogP contribution in [0.3, 0.4) is 0 Å². The molecule has 0 saturated heterocycles. The number of hydrogen-bond acceptors (Lipinski definition) is 9. The number of aromatic nitrogens is 4. The molecular weight excluding hydrogens is 324 g/mol. The first kappa shape index (κ1) is 16.6. The van der Waals surface area contributed by atoms with Gasteiger partial charge >= 0.3 is 5.95 Å². The number of nitrogens with zero attached hydrogens (tertiary/aromatic N) is 7. The molecule has 0 bridgehead atoms. The average molecular weight is 334 g/mol. The third-order valence-electron chi connectivity index (χ3n) is 2.64. The molecule has 0 radical (unpaired) electrons. The van der Waals surface area contributed by atoms with E-state index in [0.717, 1.165) is 10.9 Å². The number of hydrogen-bond donors (Lipinski definition) is 1. The van der Waals surface area contributed by atoms with E-state index in [4.69, 9.17) is 0 Å². The van der Waals surface area contributed by atoms with Gasteiger partial charge in [0.25, 0.3) is 11.6 Å². The van der Waals surface area contributed by atoms with Gasteiger partial charge in [0.15, 0.2) is 0 Å². The van der Waals surface area contributed by atoms with Gasteiger partial charge in [-0.2, -0.15) is 5.10 Å². The molecule has 0 aliphatic heterocycles. The van der Waals surface area contributed by atoms with E-state index in [0.29, 0.717) is 5.71 Å². The molecule has 13 nitrogen and oxygen atoms in total. The largest absolute Gasteiger partial charge is 0.514 e. The van der Waals surface area contributed by atoms with Crippen LogP contribution in [0.1, 0.15) is 17.3 Å². The zero-order valence-electron chi connectivity index (χ0n) is 12.2. The van der Waals surface area contributed by atoms with Gasteiger partial charge < -0.3 is 10.1 Å². The van der Waals surface area contributed by atoms with Crippen LogP contribution in [0.5, 0.6) is 0 Å². The fourth-order valence-corrected chi connectivity index (χ4v) is 1.59. The van der Waals surface area contributed by atoms with E-state index < -0.39 is 21.7 Å². The Labute approximate surface area is 133 Å². The lowest BCUT2D eigenvalue weighted by Crippen LogP contribution is -2.21. The number of nitro benzene ring substituents is 1. The van der Waals surface area contributed by atoms with Crippen LogP contribution in [-0.4, -0.2) is 41.7 Å². The number of benzene rings is 1. The van der Waals surface area contributed by atoms with Gasteiger partial charge in [-0.25, -0.2) is 5.43 Å². The molecule has 1 N–H and O–H groups in total. The summed E-state index contributed by atoms with van der Waals surface area (Å²) < 4.78 is 0. The van der Waals surface area contributed by atoms with Crippen molar-refractivity contribution in [3.05, 3.63) is 50.1 Å². The summed E-state index contributed by atoms with van der Waals surface area (Å²) in [6.45, 7) is 1.50. The number of rotatable bonds is 6. The van der Waals surface area contributed by atoms with E-state index >= 15 is 0 Å². The minimum absolute atomic E-state index is 0.0317. The number of amides is 1. The van der Waals surface area contributed by atoms with Gasteiger partial charge in [0.2, 0.25) is 0 Å². The third-order valence-corrected chi connectivity index (χ3v) is 2.64. The predicted octanol–water partition coefficient (Wildman–Crippen LogP) is 0.295. The Kier molecular flexibility index (Phi) is 4.84. The van der Waals surface area contributed by atoms with Gasteiger partial charge in [-0.05, 0) is 17.9 Å². The Hall–Kier alpha value is -3.77. The van der Waals surface area contributed by atoms with Crippen LogP contribution in [-0.2, 0) is 6.54 Å². The van der Waals surface area contributed by atoms with Crippen LogP contribution < -0.4 is 5.43 Å². The number of non-ortho nitro benzene ring substituents is 1. The summed E-state index contributed by atoms with van der Waals surface area (Å²) in [5, 5.41) is 35.0. The number of carbonyl (C=O) groups is 1. The van der Waals surface area contributed by atoms with Crippen molar-refractivity contribution in [1.82, 2.24) is 25.6 Å². The molecule has 0 spiro atoms. The van der Waals surface area contributed by atoms with Crippen LogP contribution in [0.4, 0.5) is 11.6 Å². The Bertz CT molecular complexity index is 829. The zero-order valence-corrected chi connectivity index (χ0v) is 12.2. The van der Waals surface area contributed by atoms with Crippen molar-refractivity contribution in [1.29, 1.82) is 0 Å². The van der Waals surface area contributed by atoms with E-state index in [2.05, 4.69) is 25.9 Å². The van der Waals surface area contributed by atoms with E-state index in [1.54, 1.807) is 0 Å². The highest BCUT2D eigenvalue weighted by Gasteiger charge is 2.16. The molecule has 1 aromatic heterocycles. The quantitative estimate of drug-likeness (QED) is 0.446. The van der Waals surface area contributed by atoms with Crippen molar-refractivity contribution < 1.29 is 14.6 Å². The highest BCUT2D eigenvalue weighted by Crippen LogP contribution is 2.12. The highest BCUT2D eigenvalue weighted by atomic mass is 16.6. The number of tetrazole rings is 1. The molecule has 0 aliphatic rings. The van der Waals surface area contributed by atoms with Crippen LogP contribution >= 0.6 is 0 Å². The molecule has 0 unspecified atom stereocenters. The maximum atomic E-state index is 11.9. The maximum Gasteiger partial charge on any atom is 0.514 e. The summed E-state index contributed by atoms with van der Waals surface area (Å²) in [6.07, 6.45) is 0. The van der Waals surface area contributed by atoms with Crippen LogP contribution in [0.2, 0.25) is 0 Å². The standard InChI is InChI=1S/C11H10N8O5/c1-7(6-17-15-11(14-16-17)19(23)24)12-13-10(20)8-3-2-4-9(5-8)18(21)22/h2-5H,6H2,1H3,(H,13,20)/b12-7+. The van der Waals surface area contributed by atoms with Crippen molar-refractivity contribution in [3.63, 3.8) is 0 Å². The van der Waals surface area contributed by atoms with Gasteiger partial charge in [0.05, 0.1) is 20.8 Å². The Morgan fingerprint density at radius 1 is 1.33 bits per heavy atom. The molecule has 1 aromatic carbocycles. The third kappa shape index (κ3) is 4.12. The van der Waals surface area contributed by atoms with Gasteiger partial charge in [0.1, 0.15) is 6.54 Å². The summed E-state index contributed by atoms with van der Waals surface area (Å²) in [5.41, 5.74) is 2.40. The summed E-state index contributed by atoms with van der Waals surface area (Å²) in [4.78, 5) is 32.5. The maximum absolute atomic E-state index is 11.9. The van der Waals surface area contributed by atoms with Gasteiger partial charge in [-0.15, -0.1) is 0 Å². The number of nitro groups is 2. The molecule has 0 atom stereocenters. The van der Waals surface area contributed by atoms with Crippen molar-refractivity contribution in [3.8, 4) is 0 Å². The van der Waals surface area contributed by atoms with Crippen molar-refractivity contribution in [2.75, 3.05) is 0 Å². The van der Waals surface area contributed by atoms with Crippen molar-refractivity contribution in [2.24, 2.45) is 5.10 Å². The monoisotopic (exact) mass is 334 g/mol. The normalized spacial score (nSPS) is 11.1. The predicted molar refractivity (Wildman–Crippen MR) is 78.1 cm³/mol. The van der Waals surface area contributed by atoms with Crippen molar-refractivity contribution in [2.45, 2.75) is 13.5 Å². The van der Waals surface area contributed by atoms with E-state index in [-0.39, 0.29) is 17.8 Å². The fraction of sp³-hybridized carbons (Fsp3) is 0.182. The number of nitrogens with one attached hydrogen (secondary N) is 1. The molecule has 1 heterocycles.